The smallest absolute Gasteiger partial charge is 0.408 e. The molecule has 7 nitrogen and oxygen atoms in total. The third-order valence-corrected chi connectivity index (χ3v) is 7.48. The first-order chi connectivity index (χ1) is 20.0. The molecule has 3 aromatic rings. The van der Waals surface area contributed by atoms with Crippen LogP contribution in [0, 0.1) is 6.92 Å². The summed E-state index contributed by atoms with van der Waals surface area (Å²) in [7, 11) is 0. The fourth-order valence-corrected chi connectivity index (χ4v) is 5.18. The van der Waals surface area contributed by atoms with Crippen molar-refractivity contribution in [3.05, 3.63) is 100 Å². The van der Waals surface area contributed by atoms with Gasteiger partial charge in [-0.3, -0.25) is 9.59 Å². The molecule has 1 aliphatic rings. The second-order valence-corrected chi connectivity index (χ2v) is 12.2. The Morgan fingerprint density at radius 2 is 1.62 bits per heavy atom. The second-order valence-electron chi connectivity index (χ2n) is 11.8. The molecule has 0 bridgehead atoms. The molecule has 0 heterocycles. The molecule has 222 valence electrons. The van der Waals surface area contributed by atoms with Crippen LogP contribution in [0.1, 0.15) is 68.8 Å². The van der Waals surface area contributed by atoms with Gasteiger partial charge in [-0.2, -0.15) is 0 Å². The second kappa shape index (κ2) is 13.4. The SMILES string of the molecule is CCc1ccc(C(C(=O)Nc2c(C)cccc2Cl)N(C(=O)C(Cc2ccccc2)NC(=O)OC(C)(C)C)C2CC2)cc1. The van der Waals surface area contributed by atoms with E-state index in [0.29, 0.717) is 16.3 Å². The summed E-state index contributed by atoms with van der Waals surface area (Å²) in [5, 5.41) is 6.24. The lowest BCUT2D eigenvalue weighted by atomic mass is 9.98. The summed E-state index contributed by atoms with van der Waals surface area (Å²) >= 11 is 6.47. The first kappa shape index (κ1) is 31.1. The summed E-state index contributed by atoms with van der Waals surface area (Å²) in [5.74, 6) is -0.714. The molecular weight excluding hydrogens is 550 g/mol. The molecule has 2 unspecified atom stereocenters. The molecule has 3 aromatic carbocycles. The van der Waals surface area contributed by atoms with Crippen molar-refractivity contribution in [1.29, 1.82) is 0 Å². The van der Waals surface area contributed by atoms with Crippen molar-refractivity contribution in [2.75, 3.05) is 5.32 Å². The van der Waals surface area contributed by atoms with Crippen LogP contribution >= 0.6 is 11.6 Å². The Morgan fingerprint density at radius 1 is 0.952 bits per heavy atom. The van der Waals surface area contributed by atoms with E-state index >= 15 is 0 Å². The van der Waals surface area contributed by atoms with Crippen molar-refractivity contribution in [3.63, 3.8) is 0 Å². The van der Waals surface area contributed by atoms with Gasteiger partial charge in [-0.25, -0.2) is 4.79 Å². The van der Waals surface area contributed by atoms with Crippen molar-refractivity contribution in [2.45, 2.75) is 84.0 Å². The predicted octanol–water partition coefficient (Wildman–Crippen LogP) is 7.02. The van der Waals surface area contributed by atoms with Gasteiger partial charge in [0, 0.05) is 12.5 Å². The van der Waals surface area contributed by atoms with E-state index in [4.69, 9.17) is 16.3 Å². The van der Waals surface area contributed by atoms with Gasteiger partial charge in [-0.05, 0) is 75.3 Å². The number of rotatable bonds is 10. The third-order valence-electron chi connectivity index (χ3n) is 7.17. The van der Waals surface area contributed by atoms with Crippen molar-refractivity contribution in [1.82, 2.24) is 10.2 Å². The van der Waals surface area contributed by atoms with Crippen molar-refractivity contribution < 1.29 is 19.1 Å². The van der Waals surface area contributed by atoms with Gasteiger partial charge in [0.15, 0.2) is 0 Å². The van der Waals surface area contributed by atoms with Crippen LogP contribution in [0.3, 0.4) is 0 Å². The van der Waals surface area contributed by atoms with Crippen molar-refractivity contribution in [3.8, 4) is 0 Å². The molecule has 8 heteroatoms. The van der Waals surface area contributed by atoms with E-state index in [1.54, 1.807) is 31.7 Å². The van der Waals surface area contributed by atoms with Gasteiger partial charge >= 0.3 is 6.09 Å². The summed E-state index contributed by atoms with van der Waals surface area (Å²) < 4.78 is 5.52. The lowest BCUT2D eigenvalue weighted by Gasteiger charge is -2.35. The van der Waals surface area contributed by atoms with E-state index in [1.165, 1.54) is 0 Å². The van der Waals surface area contributed by atoms with Crippen LogP contribution < -0.4 is 10.6 Å². The Hall–Kier alpha value is -3.84. The van der Waals surface area contributed by atoms with Crippen LogP contribution in [0.25, 0.3) is 0 Å². The minimum atomic E-state index is -0.949. The molecule has 0 saturated heterocycles. The molecule has 42 heavy (non-hydrogen) atoms. The maximum Gasteiger partial charge on any atom is 0.408 e. The summed E-state index contributed by atoms with van der Waals surface area (Å²) in [6.07, 6.45) is 1.93. The summed E-state index contributed by atoms with van der Waals surface area (Å²) in [6, 6.07) is 20.6. The molecule has 0 radical (unpaired) electrons. The molecule has 2 atom stereocenters. The molecule has 2 N–H and O–H groups in total. The minimum absolute atomic E-state index is 0.148. The van der Waals surface area contributed by atoms with Gasteiger partial charge in [-0.1, -0.05) is 85.3 Å². The zero-order chi connectivity index (χ0) is 30.4. The van der Waals surface area contributed by atoms with Crippen molar-refractivity contribution in [2.24, 2.45) is 0 Å². The van der Waals surface area contributed by atoms with Gasteiger partial charge in [-0.15, -0.1) is 0 Å². The number of benzene rings is 3. The first-order valence-corrected chi connectivity index (χ1v) is 14.8. The third kappa shape index (κ3) is 8.13. The fourth-order valence-electron chi connectivity index (χ4n) is 4.91. The first-order valence-electron chi connectivity index (χ1n) is 14.5. The monoisotopic (exact) mass is 589 g/mol. The number of carbonyl (C=O) groups excluding carboxylic acids is 3. The van der Waals surface area contributed by atoms with Gasteiger partial charge in [0.05, 0.1) is 10.7 Å². The number of carbonyl (C=O) groups is 3. The predicted molar refractivity (Wildman–Crippen MR) is 167 cm³/mol. The van der Waals surface area contributed by atoms with Crippen LogP contribution in [0.15, 0.2) is 72.8 Å². The number of nitrogens with zero attached hydrogens (tertiary/aromatic N) is 1. The summed E-state index contributed by atoms with van der Waals surface area (Å²) in [4.78, 5) is 43.3. The Balaban J connectivity index is 1.74. The number of halogens is 1. The van der Waals surface area contributed by atoms with Crippen LogP contribution in [0.4, 0.5) is 10.5 Å². The highest BCUT2D eigenvalue weighted by Gasteiger charge is 2.44. The average molecular weight is 590 g/mol. The van der Waals surface area contributed by atoms with E-state index in [2.05, 4.69) is 17.6 Å². The molecule has 3 amide bonds. The Morgan fingerprint density at radius 3 is 2.19 bits per heavy atom. The number of hydrogen-bond donors (Lipinski definition) is 2. The van der Waals surface area contributed by atoms with Crippen LogP contribution in [-0.4, -0.2) is 40.5 Å². The Bertz CT molecular complexity index is 1380. The van der Waals surface area contributed by atoms with Gasteiger partial charge in [0.25, 0.3) is 5.91 Å². The number of aryl methyl sites for hydroxylation is 2. The molecule has 1 aliphatic carbocycles. The lowest BCUT2D eigenvalue weighted by molar-refractivity contribution is -0.141. The number of anilines is 1. The maximum atomic E-state index is 14.5. The molecule has 1 fully saturated rings. The largest absolute Gasteiger partial charge is 0.444 e. The van der Waals surface area contributed by atoms with Crippen LogP contribution in [0.5, 0.6) is 0 Å². The highest BCUT2D eigenvalue weighted by Crippen LogP contribution is 2.37. The highest BCUT2D eigenvalue weighted by atomic mass is 35.5. The fraction of sp³-hybridized carbons (Fsp3) is 0.382. The number of para-hydroxylation sites is 1. The maximum absolute atomic E-state index is 14.5. The van der Waals surface area contributed by atoms with Crippen molar-refractivity contribution >= 4 is 35.2 Å². The topological polar surface area (TPSA) is 87.7 Å². The number of nitrogens with one attached hydrogen (secondary N) is 2. The normalized spacial score (nSPS) is 14.4. The average Bonchev–Trinajstić information content (AvgIpc) is 3.78. The van der Waals surface area contributed by atoms with Gasteiger partial charge < -0.3 is 20.3 Å². The quantitative estimate of drug-likeness (QED) is 0.266. The van der Waals surface area contributed by atoms with Crippen LogP contribution in [0.2, 0.25) is 5.02 Å². The lowest BCUT2D eigenvalue weighted by Crippen LogP contribution is -2.54. The van der Waals surface area contributed by atoms with E-state index in [-0.39, 0.29) is 24.3 Å². The van der Waals surface area contributed by atoms with Crippen LogP contribution in [-0.2, 0) is 27.2 Å². The highest BCUT2D eigenvalue weighted by molar-refractivity contribution is 6.34. The number of amides is 3. The molecule has 0 aliphatic heterocycles. The molecule has 0 spiro atoms. The van der Waals surface area contributed by atoms with E-state index in [1.807, 2.05) is 73.7 Å². The Kier molecular flexibility index (Phi) is 9.94. The van der Waals surface area contributed by atoms with Gasteiger partial charge in [0.1, 0.15) is 17.7 Å². The standard InChI is InChI=1S/C34H40ClN3O4/c1-6-23-15-17-25(18-16-23)30(31(39)37-29-22(2)11-10-14-27(29)35)38(26-19-20-26)32(40)28(21-24-12-8-7-9-13-24)36-33(41)42-34(3,4)5/h7-18,26,28,30H,6,19-21H2,1-5H3,(H,36,41)(H,37,39). The number of alkyl carbamates (subject to hydrolysis) is 1. The number of ether oxygens (including phenoxy) is 1. The molecule has 0 aromatic heterocycles. The van der Waals surface area contributed by atoms with E-state index in [0.717, 1.165) is 36.0 Å². The zero-order valence-electron chi connectivity index (χ0n) is 24.9. The molecule has 4 rings (SSSR count). The zero-order valence-corrected chi connectivity index (χ0v) is 25.7. The minimum Gasteiger partial charge on any atom is -0.444 e. The summed E-state index contributed by atoms with van der Waals surface area (Å²) in [6.45, 7) is 9.25. The molecular formula is C34H40ClN3O4. The Labute approximate surface area is 253 Å². The van der Waals surface area contributed by atoms with E-state index in [9.17, 15) is 14.4 Å². The van der Waals surface area contributed by atoms with Gasteiger partial charge in [0.2, 0.25) is 5.91 Å². The number of hydrogen-bond acceptors (Lipinski definition) is 4. The molecule has 1 saturated carbocycles. The summed E-state index contributed by atoms with van der Waals surface area (Å²) in [5.41, 5.74) is 3.27. The van der Waals surface area contributed by atoms with E-state index < -0.39 is 23.8 Å².